The van der Waals surface area contributed by atoms with Crippen LogP contribution in [0.3, 0.4) is 0 Å². The molecule has 21 heavy (non-hydrogen) atoms. The van der Waals surface area contributed by atoms with Gasteiger partial charge in [0.15, 0.2) is 0 Å². The Balaban J connectivity index is 2.12. The molecule has 3 heteroatoms. The molecule has 2 aromatic rings. The first-order chi connectivity index (χ1) is 10.1. The van der Waals surface area contributed by atoms with Crippen molar-refractivity contribution in [2.24, 2.45) is 5.92 Å². The van der Waals surface area contributed by atoms with Crippen molar-refractivity contribution in [2.75, 3.05) is 6.54 Å². The summed E-state index contributed by atoms with van der Waals surface area (Å²) in [5.41, 5.74) is 1.89. The lowest BCUT2D eigenvalue weighted by Gasteiger charge is -2.14. The number of rotatable bonds is 6. The standard InChI is InChI=1S/C18H22FNO/c1-13(2)11-20-12-15-6-4-5-7-18(15)21-17-9-8-16(19)10-14(17)3/h4-10,13,20H,11-12H2,1-3H3. The molecule has 1 N–H and O–H groups in total. The summed E-state index contributed by atoms with van der Waals surface area (Å²) in [6, 6.07) is 12.5. The second-order valence-electron chi connectivity index (χ2n) is 5.64. The van der Waals surface area contributed by atoms with Crippen molar-refractivity contribution in [3.63, 3.8) is 0 Å². The van der Waals surface area contributed by atoms with E-state index < -0.39 is 0 Å². The van der Waals surface area contributed by atoms with Gasteiger partial charge in [0.05, 0.1) is 0 Å². The SMILES string of the molecule is Cc1cc(F)ccc1Oc1ccccc1CNCC(C)C. The zero-order valence-electron chi connectivity index (χ0n) is 12.8. The van der Waals surface area contributed by atoms with Crippen LogP contribution in [0.25, 0.3) is 0 Å². The minimum atomic E-state index is -0.244. The van der Waals surface area contributed by atoms with E-state index in [9.17, 15) is 4.39 Å². The first-order valence-corrected chi connectivity index (χ1v) is 7.29. The summed E-state index contributed by atoms with van der Waals surface area (Å²) in [6.45, 7) is 7.92. The van der Waals surface area contributed by atoms with Crippen molar-refractivity contribution in [2.45, 2.75) is 27.3 Å². The van der Waals surface area contributed by atoms with Crippen LogP contribution in [0.15, 0.2) is 42.5 Å². The first-order valence-electron chi connectivity index (χ1n) is 7.29. The molecular weight excluding hydrogens is 265 g/mol. The van der Waals surface area contributed by atoms with Gasteiger partial charge in [-0.1, -0.05) is 32.0 Å². The molecule has 0 radical (unpaired) electrons. The van der Waals surface area contributed by atoms with Gasteiger partial charge in [0.25, 0.3) is 0 Å². The molecule has 0 aliphatic carbocycles. The Morgan fingerprint density at radius 1 is 1.10 bits per heavy atom. The van der Waals surface area contributed by atoms with Crippen molar-refractivity contribution in [1.82, 2.24) is 5.32 Å². The van der Waals surface area contributed by atoms with Gasteiger partial charge in [-0.2, -0.15) is 0 Å². The summed E-state index contributed by atoms with van der Waals surface area (Å²) >= 11 is 0. The van der Waals surface area contributed by atoms with Crippen LogP contribution >= 0.6 is 0 Å². The molecule has 0 heterocycles. The molecule has 0 aliphatic heterocycles. The van der Waals surface area contributed by atoms with Crippen molar-refractivity contribution in [3.8, 4) is 11.5 Å². The summed E-state index contributed by atoms with van der Waals surface area (Å²) in [5, 5.41) is 3.41. The van der Waals surface area contributed by atoms with E-state index in [2.05, 4.69) is 19.2 Å². The number of para-hydroxylation sites is 1. The molecule has 0 fully saturated rings. The van der Waals surface area contributed by atoms with Crippen LogP contribution in [0, 0.1) is 18.7 Å². The zero-order valence-corrected chi connectivity index (χ0v) is 12.8. The second kappa shape index (κ2) is 7.23. The molecule has 0 saturated heterocycles. The predicted molar refractivity (Wildman–Crippen MR) is 84.2 cm³/mol. The lowest BCUT2D eigenvalue weighted by molar-refractivity contribution is 0.464. The summed E-state index contributed by atoms with van der Waals surface area (Å²) in [6.07, 6.45) is 0. The van der Waals surface area contributed by atoms with Crippen molar-refractivity contribution in [3.05, 3.63) is 59.4 Å². The highest BCUT2D eigenvalue weighted by atomic mass is 19.1. The van der Waals surface area contributed by atoms with Crippen LogP contribution in [0.5, 0.6) is 11.5 Å². The van der Waals surface area contributed by atoms with Crippen LogP contribution in [0.4, 0.5) is 4.39 Å². The second-order valence-corrected chi connectivity index (χ2v) is 5.64. The van der Waals surface area contributed by atoms with Gasteiger partial charge in [-0.05, 0) is 49.2 Å². The number of hydrogen-bond donors (Lipinski definition) is 1. The highest BCUT2D eigenvalue weighted by molar-refractivity contribution is 5.41. The van der Waals surface area contributed by atoms with Crippen molar-refractivity contribution < 1.29 is 9.13 Å². The number of aryl methyl sites for hydroxylation is 1. The van der Waals surface area contributed by atoms with Crippen LogP contribution in [-0.2, 0) is 6.54 Å². The molecule has 0 unspecified atom stereocenters. The van der Waals surface area contributed by atoms with E-state index in [4.69, 9.17) is 4.74 Å². The number of hydrogen-bond acceptors (Lipinski definition) is 2. The van der Waals surface area contributed by atoms with Crippen molar-refractivity contribution in [1.29, 1.82) is 0 Å². The molecule has 0 aliphatic rings. The summed E-state index contributed by atoms with van der Waals surface area (Å²) in [5.74, 6) is 1.86. The average molecular weight is 287 g/mol. The maximum atomic E-state index is 13.1. The van der Waals surface area contributed by atoms with Crippen LogP contribution < -0.4 is 10.1 Å². The smallest absolute Gasteiger partial charge is 0.131 e. The summed E-state index contributed by atoms with van der Waals surface area (Å²) in [7, 11) is 0. The van der Waals surface area contributed by atoms with Crippen LogP contribution in [-0.4, -0.2) is 6.54 Å². The molecule has 2 nitrogen and oxygen atoms in total. The van der Waals surface area contributed by atoms with E-state index in [-0.39, 0.29) is 5.82 Å². The monoisotopic (exact) mass is 287 g/mol. The first kappa shape index (κ1) is 15.5. The van der Waals surface area contributed by atoms with E-state index in [1.165, 1.54) is 12.1 Å². The molecule has 0 atom stereocenters. The van der Waals surface area contributed by atoms with E-state index in [1.807, 2.05) is 31.2 Å². The molecule has 0 spiro atoms. The topological polar surface area (TPSA) is 21.3 Å². The molecule has 112 valence electrons. The van der Waals surface area contributed by atoms with Gasteiger partial charge in [-0.15, -0.1) is 0 Å². The fraction of sp³-hybridized carbons (Fsp3) is 0.333. The minimum Gasteiger partial charge on any atom is -0.457 e. The molecule has 2 aromatic carbocycles. The zero-order chi connectivity index (χ0) is 15.2. The van der Waals surface area contributed by atoms with E-state index in [0.29, 0.717) is 11.7 Å². The third kappa shape index (κ3) is 4.57. The molecular formula is C18H22FNO. The predicted octanol–water partition coefficient (Wildman–Crippen LogP) is 4.67. The van der Waals surface area contributed by atoms with Crippen LogP contribution in [0.1, 0.15) is 25.0 Å². The molecule has 0 aromatic heterocycles. The van der Waals surface area contributed by atoms with Gasteiger partial charge < -0.3 is 10.1 Å². The lowest BCUT2D eigenvalue weighted by atomic mass is 10.1. The third-order valence-corrected chi connectivity index (χ3v) is 3.20. The van der Waals surface area contributed by atoms with E-state index in [1.54, 1.807) is 6.07 Å². The average Bonchev–Trinajstić information content (AvgIpc) is 2.43. The Bertz CT molecular complexity index is 596. The molecule has 0 saturated carbocycles. The summed E-state index contributed by atoms with van der Waals surface area (Å²) in [4.78, 5) is 0. The largest absolute Gasteiger partial charge is 0.457 e. The fourth-order valence-electron chi connectivity index (χ4n) is 2.09. The normalized spacial score (nSPS) is 10.9. The molecule has 0 bridgehead atoms. The highest BCUT2D eigenvalue weighted by Crippen LogP contribution is 2.28. The Labute approximate surface area is 126 Å². The Kier molecular flexibility index (Phi) is 5.34. The number of nitrogens with one attached hydrogen (secondary N) is 1. The maximum absolute atomic E-state index is 13.1. The summed E-state index contributed by atoms with van der Waals surface area (Å²) < 4.78 is 19.1. The third-order valence-electron chi connectivity index (χ3n) is 3.20. The fourth-order valence-corrected chi connectivity index (χ4v) is 2.09. The number of halogens is 1. The maximum Gasteiger partial charge on any atom is 0.131 e. The highest BCUT2D eigenvalue weighted by Gasteiger charge is 2.07. The number of ether oxygens (including phenoxy) is 1. The minimum absolute atomic E-state index is 0.244. The molecule has 2 rings (SSSR count). The Morgan fingerprint density at radius 2 is 1.86 bits per heavy atom. The van der Waals surface area contributed by atoms with Gasteiger partial charge in [0.1, 0.15) is 17.3 Å². The molecule has 0 amide bonds. The van der Waals surface area contributed by atoms with Gasteiger partial charge in [0.2, 0.25) is 0 Å². The lowest BCUT2D eigenvalue weighted by Crippen LogP contribution is -2.19. The Morgan fingerprint density at radius 3 is 2.57 bits per heavy atom. The van der Waals surface area contributed by atoms with E-state index in [0.717, 1.165) is 30.0 Å². The van der Waals surface area contributed by atoms with Gasteiger partial charge in [-0.25, -0.2) is 4.39 Å². The van der Waals surface area contributed by atoms with Crippen molar-refractivity contribution >= 4 is 0 Å². The van der Waals surface area contributed by atoms with Crippen LogP contribution in [0.2, 0.25) is 0 Å². The van der Waals surface area contributed by atoms with E-state index >= 15 is 0 Å². The quantitative estimate of drug-likeness (QED) is 0.833. The van der Waals surface area contributed by atoms with Gasteiger partial charge >= 0.3 is 0 Å². The number of benzene rings is 2. The van der Waals surface area contributed by atoms with Gasteiger partial charge in [0, 0.05) is 12.1 Å². The Hall–Kier alpha value is -1.87. The van der Waals surface area contributed by atoms with Gasteiger partial charge in [-0.3, -0.25) is 0 Å².